The molecular formula is C23H32N4O4. The van der Waals surface area contributed by atoms with E-state index in [1.165, 1.54) is 6.20 Å². The third-order valence-electron chi connectivity index (χ3n) is 4.67. The van der Waals surface area contributed by atoms with Crippen LogP contribution in [0.15, 0.2) is 30.6 Å². The Morgan fingerprint density at radius 1 is 1.10 bits per heavy atom. The number of nitrogens with one attached hydrogen (secondary N) is 1. The first-order chi connectivity index (χ1) is 14.8. The first-order valence-electron chi connectivity index (χ1n) is 10.4. The van der Waals surface area contributed by atoms with Crippen LogP contribution in [0.4, 0.5) is 0 Å². The van der Waals surface area contributed by atoms with Crippen molar-refractivity contribution in [3.05, 3.63) is 47.5 Å². The summed E-state index contributed by atoms with van der Waals surface area (Å²) >= 11 is 0. The van der Waals surface area contributed by atoms with Crippen LogP contribution in [-0.4, -0.2) is 60.5 Å². The molecule has 0 aliphatic heterocycles. The Morgan fingerprint density at radius 2 is 1.84 bits per heavy atom. The van der Waals surface area contributed by atoms with E-state index in [-0.39, 0.29) is 24.2 Å². The first-order valence-corrected chi connectivity index (χ1v) is 10.4. The van der Waals surface area contributed by atoms with Crippen molar-refractivity contribution < 1.29 is 19.1 Å². The van der Waals surface area contributed by atoms with Gasteiger partial charge in [0.15, 0.2) is 11.5 Å². The molecule has 0 aliphatic rings. The lowest BCUT2D eigenvalue weighted by Crippen LogP contribution is -2.38. The summed E-state index contributed by atoms with van der Waals surface area (Å²) in [6.07, 6.45) is 3.94. The minimum atomic E-state index is -0.209. The fourth-order valence-corrected chi connectivity index (χ4v) is 3.09. The number of benzene rings is 1. The minimum absolute atomic E-state index is 0.1000. The SMILES string of the molecule is COc1ccc(CCNC(=O)CCN(CC(C)C)C(=O)c2cnc(C)cn2)cc1OC. The van der Waals surface area contributed by atoms with Gasteiger partial charge in [-0.05, 0) is 37.0 Å². The second-order valence-corrected chi connectivity index (χ2v) is 7.73. The van der Waals surface area contributed by atoms with Crippen LogP contribution < -0.4 is 14.8 Å². The van der Waals surface area contributed by atoms with Crippen LogP contribution in [0.5, 0.6) is 11.5 Å². The molecule has 0 atom stereocenters. The average molecular weight is 429 g/mol. The predicted octanol–water partition coefficient (Wildman–Crippen LogP) is 2.65. The smallest absolute Gasteiger partial charge is 0.274 e. The number of ether oxygens (including phenoxy) is 2. The summed E-state index contributed by atoms with van der Waals surface area (Å²) in [6.45, 7) is 7.26. The number of carbonyl (C=O) groups is 2. The van der Waals surface area contributed by atoms with Crippen molar-refractivity contribution in [3.63, 3.8) is 0 Å². The second-order valence-electron chi connectivity index (χ2n) is 7.73. The van der Waals surface area contributed by atoms with E-state index in [1.807, 2.05) is 39.0 Å². The standard InChI is InChI=1S/C23H32N4O4/c1-16(2)15-27(23(29)19-14-25-17(3)13-26-19)11-9-22(28)24-10-8-18-6-7-20(30-4)21(12-18)31-5/h6-7,12-14,16H,8-11,15H2,1-5H3,(H,24,28). The highest BCUT2D eigenvalue weighted by atomic mass is 16.5. The molecule has 0 unspecified atom stereocenters. The van der Waals surface area contributed by atoms with Gasteiger partial charge in [-0.15, -0.1) is 0 Å². The van der Waals surface area contributed by atoms with E-state index in [4.69, 9.17) is 9.47 Å². The molecular weight excluding hydrogens is 396 g/mol. The molecule has 0 saturated carbocycles. The van der Waals surface area contributed by atoms with E-state index in [0.29, 0.717) is 43.2 Å². The van der Waals surface area contributed by atoms with Gasteiger partial charge in [0.1, 0.15) is 5.69 Å². The Hall–Kier alpha value is -3.16. The van der Waals surface area contributed by atoms with Gasteiger partial charge in [0.05, 0.1) is 26.1 Å². The van der Waals surface area contributed by atoms with Gasteiger partial charge < -0.3 is 19.7 Å². The van der Waals surface area contributed by atoms with Gasteiger partial charge in [-0.1, -0.05) is 19.9 Å². The zero-order chi connectivity index (χ0) is 22.8. The summed E-state index contributed by atoms with van der Waals surface area (Å²) in [5.41, 5.74) is 2.08. The van der Waals surface area contributed by atoms with E-state index in [1.54, 1.807) is 25.3 Å². The predicted molar refractivity (Wildman–Crippen MR) is 118 cm³/mol. The Bertz CT molecular complexity index is 868. The van der Waals surface area contributed by atoms with Gasteiger partial charge in [0, 0.05) is 32.3 Å². The van der Waals surface area contributed by atoms with E-state index in [2.05, 4.69) is 15.3 Å². The first kappa shape index (κ1) is 24.1. The highest BCUT2D eigenvalue weighted by molar-refractivity contribution is 5.92. The Kier molecular flexibility index (Phi) is 9.24. The van der Waals surface area contributed by atoms with Gasteiger partial charge in [-0.25, -0.2) is 4.98 Å². The zero-order valence-corrected chi connectivity index (χ0v) is 19.0. The Balaban J connectivity index is 1.86. The van der Waals surface area contributed by atoms with Crippen LogP contribution in [-0.2, 0) is 11.2 Å². The molecule has 8 nitrogen and oxygen atoms in total. The summed E-state index contributed by atoms with van der Waals surface area (Å²) in [5.74, 6) is 1.30. The van der Waals surface area contributed by atoms with E-state index in [9.17, 15) is 9.59 Å². The highest BCUT2D eigenvalue weighted by Crippen LogP contribution is 2.27. The van der Waals surface area contributed by atoms with Crippen LogP contribution >= 0.6 is 0 Å². The largest absolute Gasteiger partial charge is 0.493 e. The van der Waals surface area contributed by atoms with Crippen molar-refractivity contribution in [2.75, 3.05) is 33.9 Å². The molecule has 1 aromatic carbocycles. The molecule has 2 rings (SSSR count). The van der Waals surface area contributed by atoms with Crippen LogP contribution in [0.2, 0.25) is 0 Å². The summed E-state index contributed by atoms with van der Waals surface area (Å²) in [5, 5.41) is 2.92. The maximum Gasteiger partial charge on any atom is 0.274 e. The van der Waals surface area contributed by atoms with Crippen molar-refractivity contribution in [3.8, 4) is 11.5 Å². The van der Waals surface area contributed by atoms with Crippen LogP contribution in [0.1, 0.15) is 42.0 Å². The number of aromatic nitrogens is 2. The number of amides is 2. The molecule has 2 amide bonds. The molecule has 0 saturated heterocycles. The number of aryl methyl sites for hydroxylation is 1. The summed E-state index contributed by atoms with van der Waals surface area (Å²) in [4.78, 5) is 35.1. The maximum absolute atomic E-state index is 12.8. The molecule has 0 spiro atoms. The quantitative estimate of drug-likeness (QED) is 0.591. The summed E-state index contributed by atoms with van der Waals surface area (Å²) in [6, 6.07) is 5.69. The molecule has 1 aromatic heterocycles. The van der Waals surface area contributed by atoms with Gasteiger partial charge in [0.2, 0.25) is 5.91 Å². The zero-order valence-electron chi connectivity index (χ0n) is 19.0. The Labute approximate surface area is 184 Å². The molecule has 0 bridgehead atoms. The number of nitrogens with zero attached hydrogens (tertiary/aromatic N) is 3. The lowest BCUT2D eigenvalue weighted by atomic mass is 10.1. The molecule has 168 valence electrons. The van der Waals surface area contributed by atoms with E-state index >= 15 is 0 Å². The highest BCUT2D eigenvalue weighted by Gasteiger charge is 2.19. The fourth-order valence-electron chi connectivity index (χ4n) is 3.09. The number of carbonyl (C=O) groups excluding carboxylic acids is 2. The maximum atomic E-state index is 12.8. The summed E-state index contributed by atoms with van der Waals surface area (Å²) < 4.78 is 10.5. The average Bonchev–Trinajstić information content (AvgIpc) is 2.76. The van der Waals surface area contributed by atoms with Gasteiger partial charge in [-0.3, -0.25) is 14.6 Å². The van der Waals surface area contributed by atoms with Crippen molar-refractivity contribution in [2.24, 2.45) is 5.92 Å². The van der Waals surface area contributed by atoms with Crippen molar-refractivity contribution in [1.82, 2.24) is 20.2 Å². The van der Waals surface area contributed by atoms with Crippen molar-refractivity contribution in [2.45, 2.75) is 33.6 Å². The normalized spacial score (nSPS) is 10.6. The Morgan fingerprint density at radius 3 is 2.45 bits per heavy atom. The van der Waals surface area contributed by atoms with Crippen LogP contribution in [0.25, 0.3) is 0 Å². The third-order valence-corrected chi connectivity index (χ3v) is 4.67. The topological polar surface area (TPSA) is 93.7 Å². The third kappa shape index (κ3) is 7.55. The number of rotatable bonds is 11. The fraction of sp³-hybridized carbons (Fsp3) is 0.478. The molecule has 1 N–H and O–H groups in total. The summed E-state index contributed by atoms with van der Waals surface area (Å²) in [7, 11) is 3.19. The van der Waals surface area contributed by atoms with E-state index < -0.39 is 0 Å². The van der Waals surface area contributed by atoms with Crippen LogP contribution in [0.3, 0.4) is 0 Å². The van der Waals surface area contributed by atoms with Crippen molar-refractivity contribution in [1.29, 1.82) is 0 Å². The second kappa shape index (κ2) is 11.9. The van der Waals surface area contributed by atoms with Gasteiger partial charge in [-0.2, -0.15) is 0 Å². The van der Waals surface area contributed by atoms with Crippen LogP contribution in [0, 0.1) is 12.8 Å². The number of hydrogen-bond acceptors (Lipinski definition) is 6. The molecule has 0 radical (unpaired) electrons. The molecule has 31 heavy (non-hydrogen) atoms. The molecule has 2 aromatic rings. The lowest BCUT2D eigenvalue weighted by Gasteiger charge is -2.24. The van der Waals surface area contributed by atoms with Gasteiger partial charge >= 0.3 is 0 Å². The molecule has 0 fully saturated rings. The van der Waals surface area contributed by atoms with Crippen molar-refractivity contribution >= 4 is 11.8 Å². The number of methoxy groups -OCH3 is 2. The monoisotopic (exact) mass is 428 g/mol. The number of hydrogen-bond donors (Lipinski definition) is 1. The lowest BCUT2D eigenvalue weighted by molar-refractivity contribution is -0.121. The van der Waals surface area contributed by atoms with Gasteiger partial charge in [0.25, 0.3) is 5.91 Å². The molecule has 0 aliphatic carbocycles. The molecule has 1 heterocycles. The van der Waals surface area contributed by atoms with E-state index in [0.717, 1.165) is 11.3 Å². The molecule has 8 heteroatoms. The minimum Gasteiger partial charge on any atom is -0.493 e.